The van der Waals surface area contributed by atoms with Gasteiger partial charge in [0.1, 0.15) is 6.61 Å². The van der Waals surface area contributed by atoms with Gasteiger partial charge >= 0.3 is 5.69 Å². The van der Waals surface area contributed by atoms with E-state index in [0.29, 0.717) is 24.7 Å². The zero-order valence-corrected chi connectivity index (χ0v) is 13.2. The minimum Gasteiger partial charge on any atom is -0.486 e. The highest BCUT2D eigenvalue weighted by molar-refractivity contribution is 5.41. The minimum absolute atomic E-state index is 0.192. The minimum atomic E-state index is -0.460. The van der Waals surface area contributed by atoms with E-state index in [4.69, 9.17) is 9.47 Å². The summed E-state index contributed by atoms with van der Waals surface area (Å²) >= 11 is 0. The van der Waals surface area contributed by atoms with E-state index in [1.807, 2.05) is 24.3 Å². The molecule has 0 N–H and O–H groups in total. The standard InChI is InChI=1S/C15H18N4O4/c1-17(13-14(20)18(2)15(21)19(3)16-13)8-10-9-22-11-6-4-5-7-12(11)23-10/h4-7,10H,8-9H2,1-3H3/t10-/m0/s1. The van der Waals surface area contributed by atoms with Crippen molar-refractivity contribution in [2.45, 2.75) is 6.10 Å². The maximum Gasteiger partial charge on any atom is 0.346 e. The molecule has 23 heavy (non-hydrogen) atoms. The van der Waals surface area contributed by atoms with Gasteiger partial charge in [-0.05, 0) is 12.1 Å². The van der Waals surface area contributed by atoms with Crippen molar-refractivity contribution in [3.05, 3.63) is 45.1 Å². The number of likely N-dealkylation sites (N-methyl/N-ethyl adjacent to an activating group) is 1. The highest BCUT2D eigenvalue weighted by Crippen LogP contribution is 2.31. The van der Waals surface area contributed by atoms with E-state index in [2.05, 4.69) is 5.10 Å². The van der Waals surface area contributed by atoms with Crippen LogP contribution in [-0.4, -0.2) is 40.7 Å². The number of aryl methyl sites for hydroxylation is 1. The Labute approximate surface area is 132 Å². The van der Waals surface area contributed by atoms with Crippen LogP contribution in [0.5, 0.6) is 11.5 Å². The fourth-order valence-corrected chi connectivity index (χ4v) is 2.47. The number of anilines is 1. The molecule has 0 spiro atoms. The van der Waals surface area contributed by atoms with Crippen molar-refractivity contribution in [2.24, 2.45) is 14.1 Å². The van der Waals surface area contributed by atoms with Crippen molar-refractivity contribution < 1.29 is 9.47 Å². The number of hydrogen-bond acceptors (Lipinski definition) is 6. The third kappa shape index (κ3) is 2.79. The second-order valence-corrected chi connectivity index (χ2v) is 5.47. The monoisotopic (exact) mass is 318 g/mol. The van der Waals surface area contributed by atoms with E-state index in [9.17, 15) is 9.59 Å². The highest BCUT2D eigenvalue weighted by atomic mass is 16.6. The Morgan fingerprint density at radius 3 is 2.70 bits per heavy atom. The third-order valence-electron chi connectivity index (χ3n) is 3.71. The van der Waals surface area contributed by atoms with Crippen molar-refractivity contribution in [1.82, 2.24) is 14.3 Å². The molecule has 0 saturated carbocycles. The molecular formula is C15H18N4O4. The average molecular weight is 318 g/mol. The smallest absolute Gasteiger partial charge is 0.346 e. The van der Waals surface area contributed by atoms with Crippen LogP contribution in [0.25, 0.3) is 0 Å². The maximum absolute atomic E-state index is 12.2. The topological polar surface area (TPSA) is 78.6 Å². The first-order chi connectivity index (χ1) is 11.0. The first kappa shape index (κ1) is 15.1. The van der Waals surface area contributed by atoms with Crippen molar-refractivity contribution in [3.8, 4) is 11.5 Å². The van der Waals surface area contributed by atoms with Gasteiger partial charge in [-0.2, -0.15) is 0 Å². The van der Waals surface area contributed by atoms with Gasteiger partial charge in [0.25, 0.3) is 5.56 Å². The van der Waals surface area contributed by atoms with Crippen LogP contribution in [0.1, 0.15) is 0 Å². The number of nitrogens with zero attached hydrogens (tertiary/aromatic N) is 4. The summed E-state index contributed by atoms with van der Waals surface area (Å²) in [4.78, 5) is 25.6. The van der Waals surface area contributed by atoms with E-state index in [1.54, 1.807) is 11.9 Å². The number of aromatic nitrogens is 3. The van der Waals surface area contributed by atoms with Crippen LogP contribution in [0.3, 0.4) is 0 Å². The molecule has 122 valence electrons. The van der Waals surface area contributed by atoms with E-state index in [0.717, 1.165) is 9.25 Å². The molecule has 2 heterocycles. The molecule has 0 saturated heterocycles. The lowest BCUT2D eigenvalue weighted by Crippen LogP contribution is -2.45. The van der Waals surface area contributed by atoms with Gasteiger partial charge in [0.2, 0.25) is 5.82 Å². The van der Waals surface area contributed by atoms with E-state index >= 15 is 0 Å². The van der Waals surface area contributed by atoms with Crippen LogP contribution in [-0.2, 0) is 14.1 Å². The normalized spacial score (nSPS) is 16.2. The average Bonchev–Trinajstić information content (AvgIpc) is 2.56. The van der Waals surface area contributed by atoms with Crippen LogP contribution in [0, 0.1) is 0 Å². The Hall–Kier alpha value is -2.77. The lowest BCUT2D eigenvalue weighted by Gasteiger charge is -2.29. The van der Waals surface area contributed by atoms with Gasteiger partial charge in [-0.3, -0.25) is 9.36 Å². The Bertz CT molecular complexity index is 842. The number of benzene rings is 1. The molecule has 0 radical (unpaired) electrons. The molecule has 0 aliphatic carbocycles. The first-order valence-electron chi connectivity index (χ1n) is 7.21. The Morgan fingerprint density at radius 2 is 1.96 bits per heavy atom. The van der Waals surface area contributed by atoms with Gasteiger partial charge in [-0.25, -0.2) is 9.48 Å². The molecular weight excluding hydrogens is 300 g/mol. The lowest BCUT2D eigenvalue weighted by atomic mass is 10.2. The van der Waals surface area contributed by atoms with Crippen molar-refractivity contribution in [2.75, 3.05) is 25.1 Å². The number of fused-ring (bicyclic) bond motifs is 1. The zero-order valence-electron chi connectivity index (χ0n) is 13.2. The van der Waals surface area contributed by atoms with E-state index < -0.39 is 11.2 Å². The van der Waals surface area contributed by atoms with Crippen molar-refractivity contribution in [3.63, 3.8) is 0 Å². The molecule has 0 amide bonds. The summed E-state index contributed by atoms with van der Waals surface area (Å²) in [5.41, 5.74) is -0.897. The number of para-hydroxylation sites is 2. The maximum atomic E-state index is 12.2. The third-order valence-corrected chi connectivity index (χ3v) is 3.71. The second-order valence-electron chi connectivity index (χ2n) is 5.47. The van der Waals surface area contributed by atoms with Gasteiger partial charge in [-0.15, -0.1) is 5.10 Å². The lowest BCUT2D eigenvalue weighted by molar-refractivity contribution is 0.0958. The van der Waals surface area contributed by atoms with Crippen LogP contribution in [0.2, 0.25) is 0 Å². The molecule has 1 aliphatic rings. The number of rotatable bonds is 3. The molecule has 1 aliphatic heterocycles. The summed E-state index contributed by atoms with van der Waals surface area (Å²) in [6, 6.07) is 7.44. The van der Waals surface area contributed by atoms with Gasteiger partial charge in [0.15, 0.2) is 17.6 Å². The first-order valence-corrected chi connectivity index (χ1v) is 7.21. The summed E-state index contributed by atoms with van der Waals surface area (Å²) < 4.78 is 13.7. The largest absolute Gasteiger partial charge is 0.486 e. The Balaban J connectivity index is 1.80. The van der Waals surface area contributed by atoms with E-state index in [-0.39, 0.29) is 11.9 Å². The predicted octanol–water partition coefficient (Wildman–Crippen LogP) is -0.245. The molecule has 1 aromatic heterocycles. The molecule has 8 heteroatoms. The molecule has 0 unspecified atom stereocenters. The van der Waals surface area contributed by atoms with Gasteiger partial charge in [0, 0.05) is 21.1 Å². The number of ether oxygens (including phenoxy) is 2. The molecule has 0 bridgehead atoms. The van der Waals surface area contributed by atoms with Gasteiger partial charge < -0.3 is 14.4 Å². The molecule has 1 atom stereocenters. The SMILES string of the molecule is CN(C[C@H]1COc2ccccc2O1)c1nn(C)c(=O)n(C)c1=O. The summed E-state index contributed by atoms with van der Waals surface area (Å²) in [6.07, 6.45) is -0.237. The van der Waals surface area contributed by atoms with Crippen LogP contribution in [0.15, 0.2) is 33.9 Å². The van der Waals surface area contributed by atoms with Gasteiger partial charge in [-0.1, -0.05) is 12.1 Å². The zero-order chi connectivity index (χ0) is 16.6. The summed E-state index contributed by atoms with van der Waals surface area (Å²) in [5, 5.41) is 4.04. The van der Waals surface area contributed by atoms with Crippen LogP contribution >= 0.6 is 0 Å². The highest BCUT2D eigenvalue weighted by Gasteiger charge is 2.24. The Kier molecular flexibility index (Phi) is 3.81. The van der Waals surface area contributed by atoms with Gasteiger partial charge in [0.05, 0.1) is 6.54 Å². The van der Waals surface area contributed by atoms with Crippen molar-refractivity contribution >= 4 is 5.82 Å². The fourth-order valence-electron chi connectivity index (χ4n) is 2.47. The number of hydrogen-bond donors (Lipinski definition) is 0. The second kappa shape index (κ2) is 5.79. The van der Waals surface area contributed by atoms with Crippen LogP contribution in [0.4, 0.5) is 5.82 Å². The quantitative estimate of drug-likeness (QED) is 0.777. The molecule has 3 rings (SSSR count). The van der Waals surface area contributed by atoms with Crippen molar-refractivity contribution in [1.29, 1.82) is 0 Å². The summed E-state index contributed by atoms with van der Waals surface area (Å²) in [6.45, 7) is 0.794. The molecule has 8 nitrogen and oxygen atoms in total. The Morgan fingerprint density at radius 1 is 1.26 bits per heavy atom. The van der Waals surface area contributed by atoms with Crippen LogP contribution < -0.4 is 25.6 Å². The summed E-state index contributed by atoms with van der Waals surface area (Å²) in [5.74, 6) is 1.58. The molecule has 2 aromatic rings. The molecule has 0 fully saturated rings. The fraction of sp³-hybridized carbons (Fsp3) is 0.400. The predicted molar refractivity (Wildman–Crippen MR) is 84.3 cm³/mol. The molecule has 1 aromatic carbocycles. The van der Waals surface area contributed by atoms with E-state index in [1.165, 1.54) is 14.1 Å². The summed E-state index contributed by atoms with van der Waals surface area (Å²) in [7, 11) is 4.67.